The first-order valence-electron chi connectivity index (χ1n) is 9.72. The lowest BCUT2D eigenvalue weighted by Gasteiger charge is -2.45. The summed E-state index contributed by atoms with van der Waals surface area (Å²) in [4.78, 5) is 0. The number of halogens is 2. The van der Waals surface area contributed by atoms with Gasteiger partial charge in [-0.05, 0) is 60.0 Å². The highest BCUT2D eigenvalue weighted by molar-refractivity contribution is 9.10. The minimum Gasteiger partial charge on any atom is -0.497 e. The van der Waals surface area contributed by atoms with Crippen molar-refractivity contribution >= 4 is 33.2 Å². The molecule has 1 saturated heterocycles. The van der Waals surface area contributed by atoms with Crippen LogP contribution >= 0.6 is 27.5 Å². The molecular weight excluding hydrogens is 450 g/mol. The monoisotopic (exact) mass is 469 g/mol. The third kappa shape index (κ3) is 3.05. The largest absolute Gasteiger partial charge is 0.497 e. The molecule has 5 rings (SSSR count). The van der Waals surface area contributed by atoms with E-state index in [1.54, 1.807) is 7.11 Å². The first-order valence-corrected chi connectivity index (χ1v) is 10.9. The van der Waals surface area contributed by atoms with Crippen molar-refractivity contribution in [1.82, 2.24) is 0 Å². The topological polar surface area (TPSA) is 30.5 Å². The molecule has 1 fully saturated rings. The van der Waals surface area contributed by atoms with Crippen molar-refractivity contribution < 1.29 is 9.47 Å². The zero-order chi connectivity index (χ0) is 20.0. The number of fused-ring (bicyclic) bond motifs is 3. The van der Waals surface area contributed by atoms with E-state index in [-0.39, 0.29) is 12.0 Å². The van der Waals surface area contributed by atoms with E-state index in [0.29, 0.717) is 6.61 Å². The Kier molecular flexibility index (Phi) is 4.81. The average Bonchev–Trinajstić information content (AvgIpc) is 3.20. The third-order valence-corrected chi connectivity index (χ3v) is 6.90. The van der Waals surface area contributed by atoms with Gasteiger partial charge in [-0.3, -0.25) is 0 Å². The van der Waals surface area contributed by atoms with Gasteiger partial charge in [-0.2, -0.15) is 0 Å². The van der Waals surface area contributed by atoms with Gasteiger partial charge in [0.1, 0.15) is 11.4 Å². The fraction of sp³-hybridized carbons (Fsp3) is 0.250. The second-order valence-corrected chi connectivity index (χ2v) is 8.92. The summed E-state index contributed by atoms with van der Waals surface area (Å²) in [5.74, 6) is 1.07. The molecule has 0 aromatic heterocycles. The summed E-state index contributed by atoms with van der Waals surface area (Å²) in [5, 5.41) is 4.52. The lowest BCUT2D eigenvalue weighted by Crippen LogP contribution is -2.43. The van der Waals surface area contributed by atoms with Crippen molar-refractivity contribution in [2.45, 2.75) is 18.1 Å². The maximum atomic E-state index is 6.63. The quantitative estimate of drug-likeness (QED) is 0.470. The van der Waals surface area contributed by atoms with Crippen LogP contribution in [0, 0.1) is 5.92 Å². The molecule has 3 aromatic rings. The second-order valence-electron chi connectivity index (χ2n) is 7.57. The summed E-state index contributed by atoms with van der Waals surface area (Å²) in [6.07, 6.45) is 0.965. The van der Waals surface area contributed by atoms with Crippen LogP contribution in [0.2, 0.25) is 5.02 Å². The summed E-state index contributed by atoms with van der Waals surface area (Å²) in [6, 6.07) is 23.0. The van der Waals surface area contributed by atoms with Gasteiger partial charge < -0.3 is 14.8 Å². The number of benzene rings is 3. The van der Waals surface area contributed by atoms with E-state index < -0.39 is 5.60 Å². The van der Waals surface area contributed by atoms with Gasteiger partial charge >= 0.3 is 0 Å². The number of ether oxygens (including phenoxy) is 2. The van der Waals surface area contributed by atoms with E-state index in [4.69, 9.17) is 21.1 Å². The lowest BCUT2D eigenvalue weighted by atomic mass is 9.68. The molecule has 0 aliphatic carbocycles. The van der Waals surface area contributed by atoms with Crippen LogP contribution < -0.4 is 10.1 Å². The molecule has 5 heteroatoms. The second kappa shape index (κ2) is 7.35. The number of anilines is 1. The maximum Gasteiger partial charge on any atom is 0.125 e. The Bertz CT molecular complexity index is 1040. The van der Waals surface area contributed by atoms with Crippen LogP contribution in [0.15, 0.2) is 71.2 Å². The summed E-state index contributed by atoms with van der Waals surface area (Å²) in [6.45, 7) is 0.711. The maximum absolute atomic E-state index is 6.63. The number of methoxy groups -OCH3 is 1. The summed E-state index contributed by atoms with van der Waals surface area (Å²) >= 11 is 9.71. The molecule has 2 aliphatic rings. The van der Waals surface area contributed by atoms with Crippen LogP contribution in [0.4, 0.5) is 5.69 Å². The molecule has 0 amide bonds. The van der Waals surface area contributed by atoms with E-state index in [0.717, 1.165) is 38.5 Å². The summed E-state index contributed by atoms with van der Waals surface area (Å²) < 4.78 is 13.2. The zero-order valence-corrected chi connectivity index (χ0v) is 18.3. The SMILES string of the molecule is COc1ccc2c(c1)[C@@]1(c3ccc(Br)cc3)OCC[C@H]1[C@H](c1ccc(Cl)cc1)N2. The Morgan fingerprint density at radius 2 is 1.83 bits per heavy atom. The number of rotatable bonds is 3. The normalized spacial score (nSPS) is 25.1. The average molecular weight is 471 g/mol. The van der Waals surface area contributed by atoms with Gasteiger partial charge in [0.25, 0.3) is 0 Å². The molecule has 1 N–H and O–H groups in total. The molecule has 29 heavy (non-hydrogen) atoms. The van der Waals surface area contributed by atoms with Crippen LogP contribution in [0.3, 0.4) is 0 Å². The molecule has 3 atom stereocenters. The first kappa shape index (κ1) is 19.0. The van der Waals surface area contributed by atoms with Crippen LogP contribution in [0.5, 0.6) is 5.75 Å². The van der Waals surface area contributed by atoms with E-state index in [2.05, 4.69) is 69.8 Å². The van der Waals surface area contributed by atoms with Crippen LogP contribution in [-0.2, 0) is 10.3 Å². The Balaban J connectivity index is 1.73. The fourth-order valence-corrected chi connectivity index (χ4v) is 5.21. The number of hydrogen-bond donors (Lipinski definition) is 1. The Labute approximate surface area is 184 Å². The van der Waals surface area contributed by atoms with E-state index in [1.165, 1.54) is 5.56 Å². The molecular formula is C24H21BrClNO2. The predicted octanol–water partition coefficient (Wildman–Crippen LogP) is 6.56. The van der Waals surface area contributed by atoms with Gasteiger partial charge in [0, 0.05) is 33.3 Å². The van der Waals surface area contributed by atoms with Crippen LogP contribution in [0.25, 0.3) is 0 Å². The third-order valence-electron chi connectivity index (χ3n) is 6.12. The van der Waals surface area contributed by atoms with Crippen LogP contribution in [0.1, 0.15) is 29.2 Å². The highest BCUT2D eigenvalue weighted by Gasteiger charge is 2.54. The molecule has 0 spiro atoms. The van der Waals surface area contributed by atoms with E-state index in [9.17, 15) is 0 Å². The van der Waals surface area contributed by atoms with Crippen molar-refractivity contribution in [2.75, 3.05) is 19.0 Å². The molecule has 148 valence electrons. The molecule has 0 saturated carbocycles. The van der Waals surface area contributed by atoms with Gasteiger partial charge in [-0.1, -0.05) is 51.8 Å². The first-order chi connectivity index (χ1) is 14.1. The smallest absolute Gasteiger partial charge is 0.125 e. The van der Waals surface area contributed by atoms with Gasteiger partial charge in [0.05, 0.1) is 13.2 Å². The van der Waals surface area contributed by atoms with Crippen molar-refractivity contribution in [3.05, 3.63) is 92.9 Å². The van der Waals surface area contributed by atoms with Gasteiger partial charge in [0.15, 0.2) is 0 Å². The summed E-state index contributed by atoms with van der Waals surface area (Å²) in [5.41, 5.74) is 4.06. The molecule has 2 aliphatic heterocycles. The molecule has 0 unspecified atom stereocenters. The molecule has 0 radical (unpaired) electrons. The minimum atomic E-state index is -0.528. The van der Waals surface area contributed by atoms with E-state index in [1.807, 2.05) is 18.2 Å². The van der Waals surface area contributed by atoms with Crippen LogP contribution in [-0.4, -0.2) is 13.7 Å². The van der Waals surface area contributed by atoms with Gasteiger partial charge in [-0.25, -0.2) is 0 Å². The molecule has 0 bridgehead atoms. The molecule has 3 nitrogen and oxygen atoms in total. The number of hydrogen-bond acceptors (Lipinski definition) is 3. The van der Waals surface area contributed by atoms with Crippen molar-refractivity contribution in [3.8, 4) is 5.75 Å². The lowest BCUT2D eigenvalue weighted by molar-refractivity contribution is 0.00191. The molecule has 2 heterocycles. The highest BCUT2D eigenvalue weighted by atomic mass is 79.9. The Morgan fingerprint density at radius 1 is 1.07 bits per heavy atom. The van der Waals surface area contributed by atoms with Gasteiger partial charge in [0.2, 0.25) is 0 Å². The van der Waals surface area contributed by atoms with Gasteiger partial charge in [-0.15, -0.1) is 0 Å². The van der Waals surface area contributed by atoms with E-state index >= 15 is 0 Å². The standard InChI is InChI=1S/C24H21BrClNO2/c1-28-19-10-11-22-21(14-19)24(16-4-6-17(25)7-5-16)20(12-13-29-24)23(27-22)15-2-8-18(26)9-3-15/h2-11,14,20,23,27H,12-13H2,1H3/t20-,23-,24-/m0/s1. The Hall–Kier alpha value is -2.01. The fourth-order valence-electron chi connectivity index (χ4n) is 4.82. The minimum absolute atomic E-state index is 0.124. The van der Waals surface area contributed by atoms with Crippen molar-refractivity contribution in [2.24, 2.45) is 5.92 Å². The molecule has 3 aromatic carbocycles. The Morgan fingerprint density at radius 3 is 2.55 bits per heavy atom. The predicted molar refractivity (Wildman–Crippen MR) is 120 cm³/mol. The van der Waals surface area contributed by atoms with Crippen molar-refractivity contribution in [3.63, 3.8) is 0 Å². The summed E-state index contributed by atoms with van der Waals surface area (Å²) in [7, 11) is 1.70. The van der Waals surface area contributed by atoms with Crippen molar-refractivity contribution in [1.29, 1.82) is 0 Å². The number of nitrogens with one attached hydrogen (secondary N) is 1. The zero-order valence-electron chi connectivity index (χ0n) is 16.0. The highest BCUT2D eigenvalue weighted by Crippen LogP contribution is 2.57.